The summed E-state index contributed by atoms with van der Waals surface area (Å²) < 4.78 is 4.81. The van der Waals surface area contributed by atoms with Crippen LogP contribution in [0.4, 0.5) is 0 Å². The van der Waals surface area contributed by atoms with E-state index in [0.29, 0.717) is 0 Å². The minimum Gasteiger partial charge on any atom is -0.385 e. The van der Waals surface area contributed by atoms with Gasteiger partial charge in [-0.2, -0.15) is 0 Å². The highest BCUT2D eigenvalue weighted by Crippen LogP contribution is 1.91. The average molecular weight is 135 g/mol. The maximum atomic E-state index is 5.26. The molecule has 0 aliphatic carbocycles. The van der Waals surface area contributed by atoms with Crippen molar-refractivity contribution in [3.8, 4) is 0 Å². The number of hydrogen-bond acceptors (Lipinski definition) is 1. The Kier molecular flexibility index (Phi) is 6.98. The van der Waals surface area contributed by atoms with Crippen molar-refractivity contribution in [3.05, 3.63) is 11.6 Å². The Labute approximate surface area is 55.3 Å². The molecule has 0 aromatic heterocycles. The van der Waals surface area contributed by atoms with Crippen LogP contribution < -0.4 is 0 Å². The van der Waals surface area contributed by atoms with E-state index >= 15 is 0 Å². The van der Waals surface area contributed by atoms with Crippen molar-refractivity contribution in [1.29, 1.82) is 0 Å². The van der Waals surface area contributed by atoms with Gasteiger partial charge in [0.2, 0.25) is 0 Å². The quantitative estimate of drug-likeness (QED) is 0.536. The van der Waals surface area contributed by atoms with Gasteiger partial charge >= 0.3 is 0 Å². The van der Waals surface area contributed by atoms with E-state index in [1.165, 1.54) is 5.54 Å². The first-order chi connectivity index (χ1) is 3.91. The van der Waals surface area contributed by atoms with Crippen LogP contribution in [-0.4, -0.2) is 13.7 Å². The van der Waals surface area contributed by atoms with Gasteiger partial charge in [0.15, 0.2) is 0 Å². The van der Waals surface area contributed by atoms with Crippen LogP contribution >= 0.6 is 11.6 Å². The lowest BCUT2D eigenvalue weighted by atomic mass is 10.3. The molecule has 0 aliphatic rings. The number of allylic oxidation sites excluding steroid dienone is 1. The first-order valence-corrected chi connectivity index (χ1v) is 3.09. The first kappa shape index (κ1) is 7.99. The van der Waals surface area contributed by atoms with Gasteiger partial charge < -0.3 is 4.74 Å². The average Bonchev–Trinajstić information content (AvgIpc) is 1.81. The second-order valence-corrected chi connectivity index (χ2v) is 1.75. The molecule has 0 aromatic rings. The Morgan fingerprint density at radius 3 is 2.88 bits per heavy atom. The molecule has 8 heavy (non-hydrogen) atoms. The maximum Gasteiger partial charge on any atom is 0.0465 e. The van der Waals surface area contributed by atoms with E-state index < -0.39 is 0 Å². The summed E-state index contributed by atoms with van der Waals surface area (Å²) in [6.45, 7) is 0.821. The molecule has 1 nitrogen and oxygen atoms in total. The van der Waals surface area contributed by atoms with Gasteiger partial charge in [0, 0.05) is 19.3 Å². The molecule has 0 amide bonds. The number of ether oxygens (including phenoxy) is 1. The van der Waals surface area contributed by atoms with Crippen molar-refractivity contribution in [2.75, 3.05) is 13.7 Å². The van der Waals surface area contributed by atoms with Crippen molar-refractivity contribution in [1.82, 2.24) is 0 Å². The van der Waals surface area contributed by atoms with E-state index in [0.717, 1.165) is 19.4 Å². The summed E-state index contributed by atoms with van der Waals surface area (Å²) in [6, 6.07) is 0. The zero-order valence-corrected chi connectivity index (χ0v) is 5.82. The topological polar surface area (TPSA) is 9.23 Å². The van der Waals surface area contributed by atoms with Gasteiger partial charge in [-0.3, -0.25) is 0 Å². The summed E-state index contributed by atoms with van der Waals surface area (Å²) >= 11 is 5.26. The van der Waals surface area contributed by atoms with Gasteiger partial charge in [-0.1, -0.05) is 17.7 Å². The molecule has 0 bridgehead atoms. The lowest BCUT2D eigenvalue weighted by Gasteiger charge is -1.91. The Morgan fingerprint density at radius 2 is 2.38 bits per heavy atom. The molecule has 0 radical (unpaired) electrons. The normalized spacial score (nSPS) is 10.8. The second-order valence-electron chi connectivity index (χ2n) is 1.50. The Balaban J connectivity index is 2.72. The smallest absolute Gasteiger partial charge is 0.0465 e. The lowest BCUT2D eigenvalue weighted by molar-refractivity contribution is 0.196. The predicted octanol–water partition coefficient (Wildman–Crippen LogP) is 2.17. The fraction of sp³-hybridized carbons (Fsp3) is 0.667. The molecule has 0 rings (SSSR count). The van der Waals surface area contributed by atoms with Crippen LogP contribution in [0.15, 0.2) is 11.6 Å². The number of rotatable bonds is 4. The SMILES string of the molecule is COCCCC=CCl. The van der Waals surface area contributed by atoms with Gasteiger partial charge in [-0.05, 0) is 12.8 Å². The van der Waals surface area contributed by atoms with Crippen LogP contribution in [0, 0.1) is 0 Å². The van der Waals surface area contributed by atoms with Crippen LogP contribution in [0.2, 0.25) is 0 Å². The van der Waals surface area contributed by atoms with Gasteiger partial charge in [0.1, 0.15) is 0 Å². The number of unbranched alkanes of at least 4 members (excludes halogenated alkanes) is 1. The highest BCUT2D eigenvalue weighted by molar-refractivity contribution is 6.25. The molecule has 0 heterocycles. The largest absolute Gasteiger partial charge is 0.385 e. The third-order valence-corrected chi connectivity index (χ3v) is 0.987. The molecule has 0 N–H and O–H groups in total. The zero-order chi connectivity index (χ0) is 6.24. The zero-order valence-electron chi connectivity index (χ0n) is 5.06. The molecule has 0 spiro atoms. The fourth-order valence-corrected chi connectivity index (χ4v) is 0.535. The van der Waals surface area contributed by atoms with Crippen molar-refractivity contribution < 1.29 is 4.74 Å². The van der Waals surface area contributed by atoms with E-state index in [1.54, 1.807) is 7.11 Å². The van der Waals surface area contributed by atoms with Crippen LogP contribution in [0.5, 0.6) is 0 Å². The summed E-state index contributed by atoms with van der Waals surface area (Å²) in [5.41, 5.74) is 1.54. The van der Waals surface area contributed by atoms with Crippen LogP contribution in [0.3, 0.4) is 0 Å². The third kappa shape index (κ3) is 5.99. The van der Waals surface area contributed by atoms with Gasteiger partial charge in [-0.15, -0.1) is 0 Å². The van der Waals surface area contributed by atoms with E-state index in [1.807, 2.05) is 6.08 Å². The fourth-order valence-electron chi connectivity index (χ4n) is 0.409. The minimum atomic E-state index is 0.821. The molecule has 2 heteroatoms. The highest BCUT2D eigenvalue weighted by Gasteiger charge is 1.78. The summed E-state index contributed by atoms with van der Waals surface area (Å²) in [7, 11) is 1.70. The van der Waals surface area contributed by atoms with Gasteiger partial charge in [0.05, 0.1) is 0 Å². The molecule has 0 saturated carbocycles. The monoisotopic (exact) mass is 134 g/mol. The molecule has 0 aliphatic heterocycles. The van der Waals surface area contributed by atoms with Gasteiger partial charge in [0.25, 0.3) is 0 Å². The summed E-state index contributed by atoms with van der Waals surface area (Å²) in [6.07, 6.45) is 3.98. The minimum absolute atomic E-state index is 0.821. The third-order valence-electron chi connectivity index (χ3n) is 0.808. The number of halogens is 1. The molecular weight excluding hydrogens is 124 g/mol. The van der Waals surface area contributed by atoms with Crippen molar-refractivity contribution in [2.45, 2.75) is 12.8 Å². The molecule has 0 aromatic carbocycles. The predicted molar refractivity (Wildman–Crippen MR) is 36.1 cm³/mol. The Hall–Kier alpha value is -0.0100. The van der Waals surface area contributed by atoms with Crippen molar-refractivity contribution >= 4 is 11.6 Å². The molecule has 0 atom stereocenters. The standard InChI is InChI=1S/C6H11ClO/c1-8-6-4-2-3-5-7/h3,5H,2,4,6H2,1H3. The van der Waals surface area contributed by atoms with E-state index in [4.69, 9.17) is 16.3 Å². The van der Waals surface area contributed by atoms with E-state index in [2.05, 4.69) is 0 Å². The molecule has 0 saturated heterocycles. The van der Waals surface area contributed by atoms with E-state index in [9.17, 15) is 0 Å². The maximum absolute atomic E-state index is 5.26. The van der Waals surface area contributed by atoms with Crippen LogP contribution in [0.1, 0.15) is 12.8 Å². The molecule has 0 unspecified atom stereocenters. The lowest BCUT2D eigenvalue weighted by Crippen LogP contribution is -1.84. The second kappa shape index (κ2) is 6.99. The number of methoxy groups -OCH3 is 1. The van der Waals surface area contributed by atoms with Gasteiger partial charge in [-0.25, -0.2) is 0 Å². The van der Waals surface area contributed by atoms with E-state index in [-0.39, 0.29) is 0 Å². The molecule has 48 valence electrons. The summed E-state index contributed by atoms with van der Waals surface area (Å²) in [5.74, 6) is 0. The highest BCUT2D eigenvalue weighted by atomic mass is 35.5. The summed E-state index contributed by atoms with van der Waals surface area (Å²) in [5, 5.41) is 0. The molecular formula is C6H11ClO. The number of hydrogen-bond donors (Lipinski definition) is 0. The van der Waals surface area contributed by atoms with Crippen molar-refractivity contribution in [2.24, 2.45) is 0 Å². The van der Waals surface area contributed by atoms with Crippen LogP contribution in [0.25, 0.3) is 0 Å². The molecule has 0 fully saturated rings. The summed E-state index contributed by atoms with van der Waals surface area (Å²) in [4.78, 5) is 0. The Bertz CT molecular complexity index is 61.5. The van der Waals surface area contributed by atoms with Crippen LogP contribution in [-0.2, 0) is 4.74 Å². The first-order valence-electron chi connectivity index (χ1n) is 2.66. The Morgan fingerprint density at radius 1 is 1.62 bits per heavy atom. The van der Waals surface area contributed by atoms with Crippen molar-refractivity contribution in [3.63, 3.8) is 0 Å².